The number of rotatable bonds is 2. The molecule has 0 fully saturated rings. The summed E-state index contributed by atoms with van der Waals surface area (Å²) >= 11 is 0. The highest BCUT2D eigenvalue weighted by Gasteiger charge is 2.29. The smallest absolute Gasteiger partial charge is 0.129 e. The Balaban J connectivity index is 1.87. The fourth-order valence-electron chi connectivity index (χ4n) is 2.48. The number of benzene rings is 2. The van der Waals surface area contributed by atoms with Crippen molar-refractivity contribution in [2.75, 3.05) is 5.32 Å². The standard InChI is InChI=1S/C15H13F2NO/c16-10-5-6-12(17)11(8-10)15(19)14-7-9-3-1-2-4-13(9)18-14/h1-6,8,14-15,18-19H,7H2. The monoisotopic (exact) mass is 261 g/mol. The zero-order valence-electron chi connectivity index (χ0n) is 10.1. The van der Waals surface area contributed by atoms with Crippen molar-refractivity contribution in [2.45, 2.75) is 18.6 Å². The van der Waals surface area contributed by atoms with Crippen molar-refractivity contribution in [3.8, 4) is 0 Å². The molecule has 0 amide bonds. The first kappa shape index (κ1) is 12.1. The maximum absolute atomic E-state index is 13.6. The van der Waals surface area contributed by atoms with Gasteiger partial charge in [0.2, 0.25) is 0 Å². The van der Waals surface area contributed by atoms with Crippen LogP contribution in [0.1, 0.15) is 17.2 Å². The molecule has 98 valence electrons. The van der Waals surface area contributed by atoms with Gasteiger partial charge in [0, 0.05) is 11.3 Å². The van der Waals surface area contributed by atoms with E-state index in [1.54, 1.807) is 0 Å². The van der Waals surface area contributed by atoms with Gasteiger partial charge in [-0.05, 0) is 36.2 Å². The Hall–Kier alpha value is -1.94. The maximum Gasteiger partial charge on any atom is 0.129 e. The molecule has 1 aliphatic rings. The van der Waals surface area contributed by atoms with Crippen LogP contribution in [-0.2, 0) is 6.42 Å². The molecule has 0 saturated carbocycles. The zero-order valence-corrected chi connectivity index (χ0v) is 10.1. The van der Waals surface area contributed by atoms with E-state index in [9.17, 15) is 13.9 Å². The number of halogens is 2. The first-order chi connectivity index (χ1) is 9.15. The quantitative estimate of drug-likeness (QED) is 0.871. The lowest BCUT2D eigenvalue weighted by molar-refractivity contribution is 0.152. The molecule has 19 heavy (non-hydrogen) atoms. The Kier molecular flexibility index (Phi) is 2.95. The molecule has 2 unspecified atom stereocenters. The van der Waals surface area contributed by atoms with Gasteiger partial charge >= 0.3 is 0 Å². The molecule has 2 aromatic rings. The molecule has 0 spiro atoms. The van der Waals surface area contributed by atoms with E-state index in [0.29, 0.717) is 6.42 Å². The number of fused-ring (bicyclic) bond motifs is 1. The highest BCUT2D eigenvalue weighted by Crippen LogP contribution is 2.32. The van der Waals surface area contributed by atoms with Crippen molar-refractivity contribution in [3.63, 3.8) is 0 Å². The summed E-state index contributed by atoms with van der Waals surface area (Å²) in [6, 6.07) is 10.5. The lowest BCUT2D eigenvalue weighted by Crippen LogP contribution is -2.25. The summed E-state index contributed by atoms with van der Waals surface area (Å²) in [6.07, 6.45) is -0.490. The highest BCUT2D eigenvalue weighted by atomic mass is 19.1. The van der Waals surface area contributed by atoms with Crippen molar-refractivity contribution in [1.82, 2.24) is 0 Å². The normalized spacial score (nSPS) is 18.8. The van der Waals surface area contributed by atoms with E-state index in [1.165, 1.54) is 0 Å². The second kappa shape index (κ2) is 4.63. The lowest BCUT2D eigenvalue weighted by Gasteiger charge is -2.19. The van der Waals surface area contributed by atoms with Crippen LogP contribution in [0.4, 0.5) is 14.5 Å². The molecule has 4 heteroatoms. The van der Waals surface area contributed by atoms with Crippen LogP contribution in [0.25, 0.3) is 0 Å². The van der Waals surface area contributed by atoms with E-state index in [2.05, 4.69) is 5.32 Å². The summed E-state index contributed by atoms with van der Waals surface area (Å²) in [5.41, 5.74) is 2.00. The number of nitrogens with one attached hydrogen (secondary N) is 1. The summed E-state index contributed by atoms with van der Waals surface area (Å²) in [6.45, 7) is 0. The van der Waals surface area contributed by atoms with E-state index in [1.807, 2.05) is 24.3 Å². The van der Waals surface area contributed by atoms with Crippen molar-refractivity contribution in [1.29, 1.82) is 0 Å². The molecule has 2 atom stereocenters. The largest absolute Gasteiger partial charge is 0.386 e. The van der Waals surface area contributed by atoms with Crippen molar-refractivity contribution >= 4 is 5.69 Å². The minimum Gasteiger partial charge on any atom is -0.386 e. The average molecular weight is 261 g/mol. The molecule has 0 aliphatic carbocycles. The van der Waals surface area contributed by atoms with Gasteiger partial charge in [0.25, 0.3) is 0 Å². The topological polar surface area (TPSA) is 32.3 Å². The van der Waals surface area contributed by atoms with Crippen molar-refractivity contribution in [3.05, 3.63) is 65.2 Å². The van der Waals surface area contributed by atoms with Crippen LogP contribution in [0.15, 0.2) is 42.5 Å². The Labute approximate surface area is 109 Å². The molecule has 0 bridgehead atoms. The van der Waals surface area contributed by atoms with E-state index >= 15 is 0 Å². The molecular weight excluding hydrogens is 248 g/mol. The summed E-state index contributed by atoms with van der Waals surface area (Å²) in [4.78, 5) is 0. The van der Waals surface area contributed by atoms with Crippen LogP contribution in [0, 0.1) is 11.6 Å². The number of para-hydroxylation sites is 1. The molecule has 2 N–H and O–H groups in total. The third-order valence-electron chi connectivity index (χ3n) is 3.46. The number of hydrogen-bond donors (Lipinski definition) is 2. The van der Waals surface area contributed by atoms with Gasteiger partial charge in [0.05, 0.1) is 6.04 Å². The summed E-state index contributed by atoms with van der Waals surface area (Å²) in [5, 5.41) is 13.4. The van der Waals surface area contributed by atoms with Crippen LogP contribution >= 0.6 is 0 Å². The van der Waals surface area contributed by atoms with E-state index < -0.39 is 17.7 Å². The van der Waals surface area contributed by atoms with Crippen LogP contribution in [0.2, 0.25) is 0 Å². The molecule has 0 aromatic heterocycles. The Bertz CT molecular complexity index is 590. The van der Waals surface area contributed by atoms with Gasteiger partial charge in [-0.1, -0.05) is 18.2 Å². The van der Waals surface area contributed by atoms with Gasteiger partial charge in [-0.25, -0.2) is 8.78 Å². The SMILES string of the molecule is OC(c1cc(F)ccc1F)C1Cc2ccccc2N1. The molecule has 1 heterocycles. The van der Waals surface area contributed by atoms with Gasteiger partial charge in [-0.3, -0.25) is 0 Å². The highest BCUT2D eigenvalue weighted by molar-refractivity contribution is 5.57. The molecule has 0 radical (unpaired) electrons. The molecule has 3 rings (SSSR count). The lowest BCUT2D eigenvalue weighted by atomic mass is 9.99. The molecule has 2 nitrogen and oxygen atoms in total. The van der Waals surface area contributed by atoms with Crippen LogP contribution in [-0.4, -0.2) is 11.1 Å². The molecule has 0 saturated heterocycles. The molecule has 1 aliphatic heterocycles. The van der Waals surface area contributed by atoms with E-state index in [0.717, 1.165) is 29.4 Å². The van der Waals surface area contributed by atoms with Gasteiger partial charge in [0.15, 0.2) is 0 Å². The predicted octanol–water partition coefficient (Wildman–Crippen LogP) is 3.04. The van der Waals surface area contributed by atoms with Gasteiger partial charge < -0.3 is 10.4 Å². The van der Waals surface area contributed by atoms with Crippen LogP contribution < -0.4 is 5.32 Å². The van der Waals surface area contributed by atoms with Crippen LogP contribution in [0.5, 0.6) is 0 Å². The Morgan fingerprint density at radius 3 is 2.74 bits per heavy atom. The van der Waals surface area contributed by atoms with Gasteiger partial charge in [0.1, 0.15) is 17.7 Å². The fourth-order valence-corrected chi connectivity index (χ4v) is 2.48. The second-order valence-electron chi connectivity index (χ2n) is 4.72. The second-order valence-corrected chi connectivity index (χ2v) is 4.72. The summed E-state index contributed by atoms with van der Waals surface area (Å²) < 4.78 is 26.8. The number of aliphatic hydroxyl groups is 1. The third-order valence-corrected chi connectivity index (χ3v) is 3.46. The van der Waals surface area contributed by atoms with Gasteiger partial charge in [-0.15, -0.1) is 0 Å². The zero-order chi connectivity index (χ0) is 13.4. The Morgan fingerprint density at radius 1 is 1.16 bits per heavy atom. The summed E-state index contributed by atoms with van der Waals surface area (Å²) in [5.74, 6) is -1.14. The van der Waals surface area contributed by atoms with Crippen molar-refractivity contribution in [2.24, 2.45) is 0 Å². The molecular formula is C15H13F2NO. The van der Waals surface area contributed by atoms with E-state index in [4.69, 9.17) is 0 Å². The first-order valence-corrected chi connectivity index (χ1v) is 6.12. The Morgan fingerprint density at radius 2 is 1.95 bits per heavy atom. The molecule has 2 aromatic carbocycles. The third kappa shape index (κ3) is 2.19. The average Bonchev–Trinajstić information content (AvgIpc) is 2.84. The van der Waals surface area contributed by atoms with Gasteiger partial charge in [-0.2, -0.15) is 0 Å². The number of hydrogen-bond acceptors (Lipinski definition) is 2. The summed E-state index contributed by atoms with van der Waals surface area (Å²) in [7, 11) is 0. The van der Waals surface area contributed by atoms with Crippen LogP contribution in [0.3, 0.4) is 0 Å². The fraction of sp³-hybridized carbons (Fsp3) is 0.200. The predicted molar refractivity (Wildman–Crippen MR) is 68.9 cm³/mol. The maximum atomic E-state index is 13.6. The number of aliphatic hydroxyl groups excluding tert-OH is 1. The number of anilines is 1. The minimum absolute atomic E-state index is 0.00898. The van der Waals surface area contributed by atoms with Crippen molar-refractivity contribution < 1.29 is 13.9 Å². The van der Waals surface area contributed by atoms with E-state index in [-0.39, 0.29) is 11.6 Å². The minimum atomic E-state index is -1.08. The first-order valence-electron chi connectivity index (χ1n) is 6.12.